The first-order valence-electron chi connectivity index (χ1n) is 3.88. The quantitative estimate of drug-likeness (QED) is 0.866. The molecule has 0 aliphatic carbocycles. The highest BCUT2D eigenvalue weighted by atomic mass is 79.9. The fourth-order valence-corrected chi connectivity index (χ4v) is 1.09. The van der Waals surface area contributed by atoms with Gasteiger partial charge in [0.15, 0.2) is 0 Å². The standard InChI is InChI=1S/C8H9BrClN3O/c1-4(11)8(14)13-7-2-6(10)5(9)3-12-7/h2-4H,11H2,1H3,(H,12,13,14)/t4-/m1/s1. The smallest absolute Gasteiger partial charge is 0.242 e. The van der Waals surface area contributed by atoms with Gasteiger partial charge in [-0.1, -0.05) is 11.6 Å². The van der Waals surface area contributed by atoms with Crippen LogP contribution in [0.2, 0.25) is 5.02 Å². The second-order valence-corrected chi connectivity index (χ2v) is 4.02. The molecule has 0 saturated carbocycles. The summed E-state index contributed by atoms with van der Waals surface area (Å²) in [5.74, 6) is 0.0939. The van der Waals surface area contributed by atoms with E-state index in [1.54, 1.807) is 13.0 Å². The van der Waals surface area contributed by atoms with E-state index in [0.717, 1.165) is 0 Å². The molecular formula is C8H9BrClN3O. The number of nitrogens with two attached hydrogens (primary N) is 1. The molecule has 0 bridgehead atoms. The molecule has 0 spiro atoms. The molecule has 0 aliphatic rings. The van der Waals surface area contributed by atoms with Gasteiger partial charge in [0.05, 0.1) is 15.5 Å². The molecule has 6 heteroatoms. The largest absolute Gasteiger partial charge is 0.320 e. The Morgan fingerprint density at radius 3 is 2.93 bits per heavy atom. The van der Waals surface area contributed by atoms with Gasteiger partial charge in [-0.2, -0.15) is 0 Å². The number of carbonyl (C=O) groups excluding carboxylic acids is 1. The third-order valence-corrected chi connectivity index (χ3v) is 2.65. The lowest BCUT2D eigenvalue weighted by molar-refractivity contribution is -0.117. The molecule has 0 fully saturated rings. The molecule has 3 N–H and O–H groups in total. The van der Waals surface area contributed by atoms with E-state index in [9.17, 15) is 4.79 Å². The summed E-state index contributed by atoms with van der Waals surface area (Å²) in [6, 6.07) is 0.977. The van der Waals surface area contributed by atoms with Crippen molar-refractivity contribution in [2.24, 2.45) is 5.73 Å². The van der Waals surface area contributed by atoms with E-state index in [-0.39, 0.29) is 5.91 Å². The third kappa shape index (κ3) is 2.94. The maximum Gasteiger partial charge on any atom is 0.242 e. The van der Waals surface area contributed by atoms with Crippen LogP contribution >= 0.6 is 27.5 Å². The zero-order valence-corrected chi connectivity index (χ0v) is 9.76. The van der Waals surface area contributed by atoms with Gasteiger partial charge in [-0.3, -0.25) is 4.79 Å². The summed E-state index contributed by atoms with van der Waals surface area (Å²) in [5, 5.41) is 3.02. The molecule has 1 amide bonds. The van der Waals surface area contributed by atoms with E-state index < -0.39 is 6.04 Å². The highest BCUT2D eigenvalue weighted by Gasteiger charge is 2.08. The number of pyridine rings is 1. The van der Waals surface area contributed by atoms with Gasteiger partial charge in [-0.05, 0) is 22.9 Å². The molecule has 76 valence electrons. The van der Waals surface area contributed by atoms with E-state index in [0.29, 0.717) is 15.3 Å². The van der Waals surface area contributed by atoms with Gasteiger partial charge in [0.1, 0.15) is 5.82 Å². The minimum Gasteiger partial charge on any atom is -0.320 e. The molecule has 14 heavy (non-hydrogen) atoms. The molecule has 1 rings (SSSR count). The number of hydrogen-bond acceptors (Lipinski definition) is 3. The Labute approximate surface area is 95.0 Å². The highest BCUT2D eigenvalue weighted by Crippen LogP contribution is 2.23. The molecule has 0 aliphatic heterocycles. The zero-order valence-electron chi connectivity index (χ0n) is 7.42. The molecule has 0 unspecified atom stereocenters. The SMILES string of the molecule is C[C@@H](N)C(=O)Nc1cc(Cl)c(Br)cn1. The average molecular weight is 279 g/mol. The Balaban J connectivity index is 2.78. The second-order valence-electron chi connectivity index (χ2n) is 2.76. The number of halogens is 2. The Bertz CT molecular complexity index is 356. The van der Waals surface area contributed by atoms with E-state index >= 15 is 0 Å². The van der Waals surface area contributed by atoms with Crippen LogP contribution in [0.4, 0.5) is 5.82 Å². The molecule has 1 aromatic rings. The lowest BCUT2D eigenvalue weighted by Crippen LogP contribution is -2.32. The molecule has 4 nitrogen and oxygen atoms in total. The van der Waals surface area contributed by atoms with Gasteiger partial charge in [-0.25, -0.2) is 4.98 Å². The number of nitrogens with zero attached hydrogens (tertiary/aromatic N) is 1. The molecule has 0 aromatic carbocycles. The van der Waals surface area contributed by atoms with Crippen molar-refractivity contribution in [2.75, 3.05) is 5.32 Å². The fraction of sp³-hybridized carbons (Fsp3) is 0.250. The fourth-order valence-electron chi connectivity index (χ4n) is 0.723. The number of carbonyl (C=O) groups is 1. The van der Waals surface area contributed by atoms with Gasteiger partial charge >= 0.3 is 0 Å². The summed E-state index contributed by atoms with van der Waals surface area (Å²) >= 11 is 9.00. The number of nitrogens with one attached hydrogen (secondary N) is 1. The van der Waals surface area contributed by atoms with Crippen molar-refractivity contribution in [1.29, 1.82) is 0 Å². The van der Waals surface area contributed by atoms with Crippen molar-refractivity contribution in [1.82, 2.24) is 4.98 Å². The minimum absolute atomic E-state index is 0.295. The average Bonchev–Trinajstić information content (AvgIpc) is 2.11. The maximum atomic E-state index is 11.2. The summed E-state index contributed by atoms with van der Waals surface area (Å²) in [6.45, 7) is 1.59. The number of hydrogen-bond donors (Lipinski definition) is 2. The minimum atomic E-state index is -0.570. The second kappa shape index (κ2) is 4.72. The summed E-state index contributed by atoms with van der Waals surface area (Å²) in [5.41, 5.74) is 5.37. The third-order valence-electron chi connectivity index (χ3n) is 1.47. The molecule has 0 saturated heterocycles. The van der Waals surface area contributed by atoms with E-state index in [4.69, 9.17) is 17.3 Å². The van der Waals surface area contributed by atoms with Crippen LogP contribution in [0.3, 0.4) is 0 Å². The summed E-state index contributed by atoms with van der Waals surface area (Å²) in [4.78, 5) is 15.1. The van der Waals surface area contributed by atoms with Crippen LogP contribution < -0.4 is 11.1 Å². The monoisotopic (exact) mass is 277 g/mol. The van der Waals surface area contributed by atoms with Crippen molar-refractivity contribution in [3.05, 3.63) is 21.8 Å². The summed E-state index contributed by atoms with van der Waals surface area (Å²) < 4.78 is 0.679. The van der Waals surface area contributed by atoms with Crippen molar-refractivity contribution in [2.45, 2.75) is 13.0 Å². The summed E-state index contributed by atoms with van der Waals surface area (Å²) in [6.07, 6.45) is 1.51. The van der Waals surface area contributed by atoms with E-state index in [1.165, 1.54) is 6.20 Å². The molecule has 1 aromatic heterocycles. The van der Waals surface area contributed by atoms with Gasteiger partial charge < -0.3 is 11.1 Å². The number of aromatic nitrogens is 1. The molecule has 1 heterocycles. The predicted molar refractivity (Wildman–Crippen MR) is 59.2 cm³/mol. The van der Waals surface area contributed by atoms with Crippen LogP contribution in [0.1, 0.15) is 6.92 Å². The van der Waals surface area contributed by atoms with Crippen molar-refractivity contribution < 1.29 is 4.79 Å². The summed E-state index contributed by atoms with van der Waals surface area (Å²) in [7, 11) is 0. The van der Waals surface area contributed by atoms with Crippen molar-refractivity contribution in [3.63, 3.8) is 0 Å². The van der Waals surface area contributed by atoms with Crippen LogP contribution in [0.15, 0.2) is 16.7 Å². The Morgan fingerprint density at radius 2 is 2.43 bits per heavy atom. The first kappa shape index (κ1) is 11.4. The maximum absolute atomic E-state index is 11.2. The molecule has 1 atom stereocenters. The number of anilines is 1. The van der Waals surface area contributed by atoms with Crippen LogP contribution in [0.25, 0.3) is 0 Å². The normalized spacial score (nSPS) is 12.3. The van der Waals surface area contributed by atoms with E-state index in [2.05, 4.69) is 26.2 Å². The predicted octanol–water partition coefficient (Wildman–Crippen LogP) is 1.78. The van der Waals surface area contributed by atoms with Crippen LogP contribution in [-0.2, 0) is 4.79 Å². The van der Waals surface area contributed by atoms with Crippen molar-refractivity contribution in [3.8, 4) is 0 Å². The van der Waals surface area contributed by atoms with E-state index in [1.807, 2.05) is 0 Å². The Hall–Kier alpha value is -0.650. The van der Waals surface area contributed by atoms with Gasteiger partial charge in [0.25, 0.3) is 0 Å². The first-order valence-corrected chi connectivity index (χ1v) is 5.05. The van der Waals surface area contributed by atoms with Gasteiger partial charge in [0.2, 0.25) is 5.91 Å². The van der Waals surface area contributed by atoms with Crippen LogP contribution in [0, 0.1) is 0 Å². The van der Waals surface area contributed by atoms with Crippen LogP contribution in [0.5, 0.6) is 0 Å². The number of amides is 1. The lowest BCUT2D eigenvalue weighted by Gasteiger charge is -2.07. The first-order chi connectivity index (χ1) is 6.50. The molecule has 0 radical (unpaired) electrons. The van der Waals surface area contributed by atoms with Crippen molar-refractivity contribution >= 4 is 39.3 Å². The zero-order chi connectivity index (χ0) is 10.7. The lowest BCUT2D eigenvalue weighted by atomic mass is 10.3. The van der Waals surface area contributed by atoms with Crippen LogP contribution in [-0.4, -0.2) is 16.9 Å². The molecular weight excluding hydrogens is 269 g/mol. The van der Waals surface area contributed by atoms with Gasteiger partial charge in [-0.15, -0.1) is 0 Å². The number of rotatable bonds is 2. The Kier molecular flexibility index (Phi) is 3.86. The Morgan fingerprint density at radius 1 is 1.79 bits per heavy atom. The van der Waals surface area contributed by atoms with Gasteiger partial charge in [0, 0.05) is 12.3 Å². The topological polar surface area (TPSA) is 68.0 Å². The highest BCUT2D eigenvalue weighted by molar-refractivity contribution is 9.10.